The summed E-state index contributed by atoms with van der Waals surface area (Å²) in [6.45, 7) is 3.22. The Hall–Kier alpha value is -0.670. The van der Waals surface area contributed by atoms with Gasteiger partial charge in [0.2, 0.25) is 0 Å². The minimum absolute atomic E-state index is 0.814. The van der Waals surface area contributed by atoms with Crippen molar-refractivity contribution in [3.8, 4) is 5.75 Å². The maximum atomic E-state index is 5.60. The van der Waals surface area contributed by atoms with E-state index in [-0.39, 0.29) is 0 Å². The van der Waals surface area contributed by atoms with Crippen LogP contribution >= 0.6 is 11.8 Å². The summed E-state index contributed by atoms with van der Waals surface area (Å²) >= 11 is 1.99. The first-order chi connectivity index (χ1) is 7.45. The Balaban J connectivity index is 1.51. The van der Waals surface area contributed by atoms with Gasteiger partial charge in [-0.05, 0) is 36.9 Å². The number of hydrogen-bond acceptors (Lipinski definition) is 3. The number of rotatable bonds is 6. The number of benzene rings is 1. The van der Waals surface area contributed by atoms with Crippen molar-refractivity contribution >= 4 is 11.8 Å². The van der Waals surface area contributed by atoms with E-state index in [0.717, 1.165) is 24.0 Å². The van der Waals surface area contributed by atoms with E-state index in [1.807, 2.05) is 42.1 Å². The number of hydrogen-bond donors (Lipinski definition) is 1. The molecule has 1 fully saturated rings. The molecular formula is C12H17NOS. The van der Waals surface area contributed by atoms with Crippen molar-refractivity contribution in [2.24, 2.45) is 5.92 Å². The quantitative estimate of drug-likeness (QED) is 0.746. The Labute approximate surface area is 95.4 Å². The van der Waals surface area contributed by atoms with Gasteiger partial charge < -0.3 is 10.1 Å². The lowest BCUT2D eigenvalue weighted by Gasteiger charge is -2.26. The summed E-state index contributed by atoms with van der Waals surface area (Å²) in [5.41, 5.74) is 0. The average Bonchev–Trinajstić information content (AvgIpc) is 2.22. The second kappa shape index (κ2) is 6.03. The highest BCUT2D eigenvalue weighted by atomic mass is 32.2. The van der Waals surface area contributed by atoms with Crippen molar-refractivity contribution in [3.05, 3.63) is 30.3 Å². The smallest absolute Gasteiger partial charge is 0.119 e. The molecule has 1 aliphatic rings. The lowest BCUT2D eigenvalue weighted by molar-refractivity contribution is 0.343. The van der Waals surface area contributed by atoms with Crippen LogP contribution in [0.1, 0.15) is 0 Å². The molecule has 1 aromatic rings. The van der Waals surface area contributed by atoms with Gasteiger partial charge in [-0.25, -0.2) is 0 Å². The molecule has 3 heteroatoms. The molecule has 0 saturated carbocycles. The fourth-order valence-electron chi connectivity index (χ4n) is 1.45. The normalized spacial score (nSPS) is 16.0. The van der Waals surface area contributed by atoms with Crippen LogP contribution in [-0.2, 0) is 0 Å². The van der Waals surface area contributed by atoms with Gasteiger partial charge in [0.05, 0.1) is 6.61 Å². The highest BCUT2D eigenvalue weighted by Crippen LogP contribution is 2.13. The van der Waals surface area contributed by atoms with Crippen LogP contribution in [0.15, 0.2) is 30.3 Å². The van der Waals surface area contributed by atoms with E-state index >= 15 is 0 Å². The summed E-state index contributed by atoms with van der Waals surface area (Å²) in [5, 5.41) is 3.28. The van der Waals surface area contributed by atoms with E-state index in [1.54, 1.807) is 0 Å². The summed E-state index contributed by atoms with van der Waals surface area (Å²) < 4.78 is 5.60. The van der Waals surface area contributed by atoms with E-state index in [2.05, 4.69) is 5.32 Å². The van der Waals surface area contributed by atoms with Crippen molar-refractivity contribution in [1.29, 1.82) is 0 Å². The van der Waals surface area contributed by atoms with Gasteiger partial charge in [0.15, 0.2) is 0 Å². The molecule has 0 amide bonds. The molecule has 1 aliphatic heterocycles. The predicted molar refractivity (Wildman–Crippen MR) is 65.6 cm³/mol. The van der Waals surface area contributed by atoms with Crippen LogP contribution in [0.2, 0.25) is 0 Å². The number of thioether (sulfide) groups is 1. The van der Waals surface area contributed by atoms with Crippen LogP contribution < -0.4 is 10.1 Å². The number of ether oxygens (including phenoxy) is 1. The lowest BCUT2D eigenvalue weighted by atomic mass is 10.1. The minimum Gasteiger partial charge on any atom is -0.493 e. The fraction of sp³-hybridized carbons (Fsp3) is 0.500. The summed E-state index contributed by atoms with van der Waals surface area (Å²) in [5.74, 6) is 4.23. The van der Waals surface area contributed by atoms with Gasteiger partial charge in [0.1, 0.15) is 5.75 Å². The summed E-state index contributed by atoms with van der Waals surface area (Å²) in [7, 11) is 0. The molecule has 0 spiro atoms. The molecule has 1 aromatic carbocycles. The van der Waals surface area contributed by atoms with Crippen molar-refractivity contribution in [2.45, 2.75) is 0 Å². The van der Waals surface area contributed by atoms with Gasteiger partial charge >= 0.3 is 0 Å². The fourth-order valence-corrected chi connectivity index (χ4v) is 2.39. The molecule has 0 unspecified atom stereocenters. The molecular weight excluding hydrogens is 206 g/mol. The zero-order valence-electron chi connectivity index (χ0n) is 8.82. The minimum atomic E-state index is 0.814. The maximum absolute atomic E-state index is 5.60. The lowest BCUT2D eigenvalue weighted by Crippen LogP contribution is -2.43. The molecule has 2 nitrogen and oxygen atoms in total. The standard InChI is InChI=1S/C12H17NOS/c1-2-4-12(5-3-1)14-6-7-15-10-11-8-13-9-11/h1-5,11,13H,6-10H2. The molecule has 0 atom stereocenters. The van der Waals surface area contributed by atoms with Gasteiger partial charge in [-0.1, -0.05) is 18.2 Å². The predicted octanol–water partition coefficient (Wildman–Crippen LogP) is 2.02. The van der Waals surface area contributed by atoms with E-state index in [0.29, 0.717) is 0 Å². The van der Waals surface area contributed by atoms with Crippen LogP contribution in [-0.4, -0.2) is 31.2 Å². The molecule has 82 valence electrons. The van der Waals surface area contributed by atoms with Gasteiger partial charge in [0, 0.05) is 5.75 Å². The molecule has 2 rings (SSSR count). The Kier molecular flexibility index (Phi) is 4.36. The molecule has 1 heterocycles. The SMILES string of the molecule is c1ccc(OCCSCC2CNC2)cc1. The van der Waals surface area contributed by atoms with E-state index in [1.165, 1.54) is 18.8 Å². The summed E-state index contributed by atoms with van der Waals surface area (Å²) in [6.07, 6.45) is 0. The Bertz CT molecular complexity index is 274. The van der Waals surface area contributed by atoms with Crippen molar-refractivity contribution in [1.82, 2.24) is 5.32 Å². The largest absolute Gasteiger partial charge is 0.493 e. The van der Waals surface area contributed by atoms with Gasteiger partial charge in [-0.3, -0.25) is 0 Å². The molecule has 0 radical (unpaired) electrons. The van der Waals surface area contributed by atoms with Gasteiger partial charge in [-0.15, -0.1) is 0 Å². The van der Waals surface area contributed by atoms with Crippen LogP contribution in [0.4, 0.5) is 0 Å². The third kappa shape index (κ3) is 3.76. The van der Waals surface area contributed by atoms with Gasteiger partial charge in [0.25, 0.3) is 0 Å². The van der Waals surface area contributed by atoms with Crippen molar-refractivity contribution in [3.63, 3.8) is 0 Å². The van der Waals surface area contributed by atoms with Crippen molar-refractivity contribution in [2.75, 3.05) is 31.2 Å². The molecule has 0 aromatic heterocycles. The summed E-state index contributed by atoms with van der Waals surface area (Å²) in [4.78, 5) is 0. The first-order valence-electron chi connectivity index (χ1n) is 5.41. The summed E-state index contributed by atoms with van der Waals surface area (Å²) in [6, 6.07) is 10.0. The molecule has 0 bridgehead atoms. The van der Waals surface area contributed by atoms with E-state index < -0.39 is 0 Å². The van der Waals surface area contributed by atoms with Crippen LogP contribution in [0, 0.1) is 5.92 Å². The number of para-hydroxylation sites is 1. The van der Waals surface area contributed by atoms with Crippen LogP contribution in [0.25, 0.3) is 0 Å². The Morgan fingerprint density at radius 2 is 2.07 bits per heavy atom. The monoisotopic (exact) mass is 223 g/mol. The molecule has 1 N–H and O–H groups in total. The average molecular weight is 223 g/mol. The topological polar surface area (TPSA) is 21.3 Å². The highest BCUT2D eigenvalue weighted by Gasteiger charge is 2.15. The second-order valence-electron chi connectivity index (χ2n) is 3.76. The first-order valence-corrected chi connectivity index (χ1v) is 6.57. The Morgan fingerprint density at radius 1 is 1.27 bits per heavy atom. The first kappa shape index (κ1) is 10.8. The van der Waals surface area contributed by atoms with E-state index in [9.17, 15) is 0 Å². The zero-order valence-corrected chi connectivity index (χ0v) is 9.63. The third-order valence-electron chi connectivity index (χ3n) is 2.46. The second-order valence-corrected chi connectivity index (χ2v) is 4.91. The van der Waals surface area contributed by atoms with Crippen LogP contribution in [0.5, 0.6) is 5.75 Å². The van der Waals surface area contributed by atoms with E-state index in [4.69, 9.17) is 4.74 Å². The molecule has 0 aliphatic carbocycles. The zero-order chi connectivity index (χ0) is 10.3. The third-order valence-corrected chi connectivity index (χ3v) is 3.62. The molecule has 15 heavy (non-hydrogen) atoms. The number of nitrogens with one attached hydrogen (secondary N) is 1. The Morgan fingerprint density at radius 3 is 2.73 bits per heavy atom. The highest BCUT2D eigenvalue weighted by molar-refractivity contribution is 7.99. The molecule has 1 saturated heterocycles. The maximum Gasteiger partial charge on any atom is 0.119 e. The van der Waals surface area contributed by atoms with Gasteiger partial charge in [-0.2, -0.15) is 11.8 Å². The van der Waals surface area contributed by atoms with Crippen LogP contribution in [0.3, 0.4) is 0 Å². The van der Waals surface area contributed by atoms with Crippen molar-refractivity contribution < 1.29 is 4.74 Å².